The maximum absolute atomic E-state index is 13.3. The van der Waals surface area contributed by atoms with Gasteiger partial charge in [0.1, 0.15) is 0 Å². The highest BCUT2D eigenvalue weighted by molar-refractivity contribution is 6.37. The predicted molar refractivity (Wildman–Crippen MR) is 108 cm³/mol. The molecule has 1 saturated carbocycles. The van der Waals surface area contributed by atoms with Crippen molar-refractivity contribution in [3.63, 3.8) is 0 Å². The second-order valence-electron chi connectivity index (χ2n) is 8.38. The molecular formula is C22H27ClF2N2O. The number of fused-ring (bicyclic) bond motifs is 1. The summed E-state index contributed by atoms with van der Waals surface area (Å²) in [6.45, 7) is 1.86. The number of hydrogen-bond donors (Lipinski definition) is 1. The van der Waals surface area contributed by atoms with Crippen LogP contribution in [0.4, 0.5) is 8.78 Å². The molecular weight excluding hydrogens is 382 g/mol. The van der Waals surface area contributed by atoms with Gasteiger partial charge in [0.25, 0.3) is 0 Å². The van der Waals surface area contributed by atoms with Crippen LogP contribution >= 0.6 is 11.6 Å². The van der Waals surface area contributed by atoms with Crippen LogP contribution in [0, 0.1) is 5.92 Å². The van der Waals surface area contributed by atoms with E-state index in [1.807, 2.05) is 24.4 Å². The minimum Gasteiger partial charge on any atom is -0.345 e. The van der Waals surface area contributed by atoms with Gasteiger partial charge in [-0.1, -0.05) is 17.7 Å². The Bertz CT molecular complexity index is 848. The molecule has 2 fully saturated rings. The van der Waals surface area contributed by atoms with Crippen LogP contribution in [-0.4, -0.2) is 28.9 Å². The van der Waals surface area contributed by atoms with E-state index in [4.69, 9.17) is 11.6 Å². The van der Waals surface area contributed by atoms with Crippen molar-refractivity contribution >= 4 is 28.3 Å². The number of hydrogen-bond acceptors (Lipinski definition) is 2. The zero-order valence-electron chi connectivity index (χ0n) is 16.0. The molecule has 0 spiro atoms. The van der Waals surface area contributed by atoms with Gasteiger partial charge in [0.05, 0.1) is 10.5 Å². The van der Waals surface area contributed by atoms with E-state index in [1.54, 1.807) is 0 Å². The minimum absolute atomic E-state index is 0.0502. The van der Waals surface area contributed by atoms with Gasteiger partial charge in [0.15, 0.2) is 5.78 Å². The molecule has 3 nitrogen and oxygen atoms in total. The van der Waals surface area contributed by atoms with Crippen LogP contribution in [-0.2, 0) is 6.54 Å². The standard InChI is InChI=1S/C22H27ClF2N2O/c23-18-4-1-5-19-21(18)17(14-27(19)13-16-3-2-12-26-16)20(28)7-6-15-8-10-22(24,25)11-9-15/h1,4-5,14-16,26H,2-3,6-13H2/t16-/m0/s1. The Morgan fingerprint density at radius 1 is 1.25 bits per heavy atom. The summed E-state index contributed by atoms with van der Waals surface area (Å²) in [6.07, 6.45) is 6.24. The van der Waals surface area contributed by atoms with Gasteiger partial charge in [-0.15, -0.1) is 0 Å². The number of ketones is 1. The van der Waals surface area contributed by atoms with E-state index in [0.29, 0.717) is 42.3 Å². The Morgan fingerprint density at radius 2 is 2.04 bits per heavy atom. The van der Waals surface area contributed by atoms with Gasteiger partial charge >= 0.3 is 0 Å². The summed E-state index contributed by atoms with van der Waals surface area (Å²) >= 11 is 6.45. The van der Waals surface area contributed by atoms with Gasteiger partial charge < -0.3 is 9.88 Å². The number of nitrogens with zero attached hydrogens (tertiary/aromatic N) is 1. The second-order valence-corrected chi connectivity index (χ2v) is 8.79. The molecule has 0 bridgehead atoms. The number of alkyl halides is 2. The SMILES string of the molecule is O=C(CCC1CCC(F)(F)CC1)c1cn(C[C@@H]2CCCN2)c2cccc(Cl)c12. The molecule has 2 aliphatic rings. The predicted octanol–water partition coefficient (Wildman–Crippen LogP) is 5.84. The Labute approximate surface area is 169 Å². The van der Waals surface area contributed by atoms with Crippen LogP contribution in [0.3, 0.4) is 0 Å². The monoisotopic (exact) mass is 408 g/mol. The fourth-order valence-electron chi connectivity index (χ4n) is 4.68. The molecule has 0 amide bonds. The van der Waals surface area contributed by atoms with Crippen molar-refractivity contribution in [1.29, 1.82) is 0 Å². The first kappa shape index (κ1) is 19.8. The summed E-state index contributed by atoms with van der Waals surface area (Å²) in [5.74, 6) is -2.24. The number of benzene rings is 1. The van der Waals surface area contributed by atoms with E-state index < -0.39 is 5.92 Å². The topological polar surface area (TPSA) is 34.0 Å². The van der Waals surface area contributed by atoms with Gasteiger partial charge in [-0.25, -0.2) is 8.78 Å². The minimum atomic E-state index is -2.52. The molecule has 1 aromatic heterocycles. The summed E-state index contributed by atoms with van der Waals surface area (Å²) in [4.78, 5) is 13.0. The van der Waals surface area contributed by atoms with Crippen LogP contribution in [0.1, 0.15) is 61.7 Å². The smallest absolute Gasteiger partial charge is 0.248 e. The Balaban J connectivity index is 1.50. The Kier molecular flexibility index (Phi) is 5.75. The van der Waals surface area contributed by atoms with E-state index >= 15 is 0 Å². The molecule has 4 rings (SSSR count). The molecule has 1 aliphatic heterocycles. The molecule has 1 atom stereocenters. The van der Waals surface area contributed by atoms with Crippen molar-refractivity contribution in [3.8, 4) is 0 Å². The first-order chi connectivity index (χ1) is 13.4. The average Bonchev–Trinajstić information content (AvgIpc) is 3.30. The van der Waals surface area contributed by atoms with E-state index in [2.05, 4.69) is 9.88 Å². The summed E-state index contributed by atoms with van der Waals surface area (Å²) in [5, 5.41) is 4.91. The van der Waals surface area contributed by atoms with Crippen molar-refractivity contribution in [2.45, 2.75) is 69.9 Å². The first-order valence-electron chi connectivity index (χ1n) is 10.3. The van der Waals surface area contributed by atoms with Crippen LogP contribution < -0.4 is 5.32 Å². The molecule has 0 radical (unpaired) electrons. The summed E-state index contributed by atoms with van der Waals surface area (Å²) < 4.78 is 28.8. The largest absolute Gasteiger partial charge is 0.345 e. The number of nitrogens with one attached hydrogen (secondary N) is 1. The lowest BCUT2D eigenvalue weighted by Crippen LogP contribution is -2.26. The van der Waals surface area contributed by atoms with E-state index in [0.717, 1.165) is 30.4 Å². The van der Waals surface area contributed by atoms with Crippen molar-refractivity contribution in [1.82, 2.24) is 9.88 Å². The fraction of sp³-hybridized carbons (Fsp3) is 0.591. The van der Waals surface area contributed by atoms with Crippen LogP contribution in [0.5, 0.6) is 0 Å². The maximum Gasteiger partial charge on any atom is 0.248 e. The third kappa shape index (κ3) is 4.25. The number of halogens is 3. The van der Waals surface area contributed by atoms with Gasteiger partial charge in [0.2, 0.25) is 5.92 Å². The number of carbonyl (C=O) groups is 1. The molecule has 28 heavy (non-hydrogen) atoms. The lowest BCUT2D eigenvalue weighted by Gasteiger charge is -2.27. The Morgan fingerprint density at radius 3 is 2.75 bits per heavy atom. The van der Waals surface area contributed by atoms with Crippen molar-refractivity contribution in [3.05, 3.63) is 35.0 Å². The molecule has 1 aliphatic carbocycles. The molecule has 0 unspecified atom stereocenters. The highest BCUT2D eigenvalue weighted by Crippen LogP contribution is 2.38. The summed E-state index contributed by atoms with van der Waals surface area (Å²) in [6, 6.07) is 6.17. The molecule has 1 aromatic carbocycles. The number of carbonyl (C=O) groups excluding carboxylic acids is 1. The first-order valence-corrected chi connectivity index (χ1v) is 10.7. The van der Waals surface area contributed by atoms with Crippen LogP contribution in [0.15, 0.2) is 24.4 Å². The Hall–Kier alpha value is -1.46. The van der Waals surface area contributed by atoms with E-state index in [9.17, 15) is 13.6 Å². The van der Waals surface area contributed by atoms with Crippen LogP contribution in [0.25, 0.3) is 10.9 Å². The summed E-state index contributed by atoms with van der Waals surface area (Å²) in [7, 11) is 0. The highest BCUT2D eigenvalue weighted by atomic mass is 35.5. The third-order valence-electron chi connectivity index (χ3n) is 6.35. The van der Waals surface area contributed by atoms with E-state index in [-0.39, 0.29) is 24.5 Å². The van der Waals surface area contributed by atoms with E-state index in [1.165, 1.54) is 6.42 Å². The van der Waals surface area contributed by atoms with Crippen molar-refractivity contribution < 1.29 is 13.6 Å². The molecule has 1 saturated heterocycles. The normalized spacial score (nSPS) is 22.8. The lowest BCUT2D eigenvalue weighted by atomic mass is 9.83. The van der Waals surface area contributed by atoms with Gasteiger partial charge in [-0.2, -0.15) is 0 Å². The second kappa shape index (κ2) is 8.11. The fourth-order valence-corrected chi connectivity index (χ4v) is 4.95. The lowest BCUT2D eigenvalue weighted by molar-refractivity contribution is -0.0464. The van der Waals surface area contributed by atoms with Gasteiger partial charge in [-0.3, -0.25) is 4.79 Å². The quantitative estimate of drug-likeness (QED) is 0.609. The third-order valence-corrected chi connectivity index (χ3v) is 6.67. The molecule has 2 heterocycles. The zero-order valence-corrected chi connectivity index (χ0v) is 16.8. The van der Waals surface area contributed by atoms with Gasteiger partial charge in [0, 0.05) is 49.0 Å². The van der Waals surface area contributed by atoms with Crippen molar-refractivity contribution in [2.24, 2.45) is 5.92 Å². The number of Topliss-reactive ketones (excluding diaryl/α,β-unsaturated/α-hetero) is 1. The van der Waals surface area contributed by atoms with Gasteiger partial charge in [-0.05, 0) is 56.7 Å². The maximum atomic E-state index is 13.3. The zero-order chi connectivity index (χ0) is 19.7. The van der Waals surface area contributed by atoms with Crippen LogP contribution in [0.2, 0.25) is 5.02 Å². The average molecular weight is 409 g/mol. The number of rotatable bonds is 6. The summed E-state index contributed by atoms with van der Waals surface area (Å²) in [5.41, 5.74) is 1.65. The molecule has 152 valence electrons. The molecule has 6 heteroatoms. The molecule has 1 N–H and O–H groups in total. The van der Waals surface area contributed by atoms with Crippen molar-refractivity contribution in [2.75, 3.05) is 6.54 Å². The number of aromatic nitrogens is 1. The highest BCUT2D eigenvalue weighted by Gasteiger charge is 2.35. The molecule has 2 aromatic rings.